The van der Waals surface area contributed by atoms with Crippen molar-refractivity contribution >= 4 is 23.8 Å². The second kappa shape index (κ2) is 14.0. The van der Waals surface area contributed by atoms with Crippen molar-refractivity contribution in [3.05, 3.63) is 64.7 Å². The predicted octanol–water partition coefficient (Wildman–Crippen LogP) is 5.01. The van der Waals surface area contributed by atoms with Crippen LogP contribution >= 0.6 is 11.6 Å². The third-order valence-corrected chi connectivity index (χ3v) is 6.35. The minimum Gasteiger partial charge on any atom is -0.336 e. The molecule has 1 atom stereocenters. The number of carbonyl (C=O) groups is 2. The van der Waals surface area contributed by atoms with Gasteiger partial charge in [-0.1, -0.05) is 55.3 Å². The Balaban J connectivity index is 0.000000181. The summed E-state index contributed by atoms with van der Waals surface area (Å²) < 4.78 is 1.88. The third-order valence-electron chi connectivity index (χ3n) is 5.98. The van der Waals surface area contributed by atoms with Gasteiger partial charge < -0.3 is 9.47 Å². The van der Waals surface area contributed by atoms with Crippen LogP contribution in [-0.2, 0) is 24.3 Å². The smallest absolute Gasteiger partial charge is 0.210 e. The van der Waals surface area contributed by atoms with Crippen LogP contribution in [-0.4, -0.2) is 57.7 Å². The van der Waals surface area contributed by atoms with Gasteiger partial charge >= 0.3 is 0 Å². The van der Waals surface area contributed by atoms with E-state index < -0.39 is 0 Å². The Kier molecular flexibility index (Phi) is 11.3. The summed E-state index contributed by atoms with van der Waals surface area (Å²) in [4.78, 5) is 29.9. The highest BCUT2D eigenvalue weighted by molar-refractivity contribution is 6.31. The summed E-state index contributed by atoms with van der Waals surface area (Å²) in [6.07, 6.45) is 12.0. The lowest BCUT2D eigenvalue weighted by Gasteiger charge is -2.29. The van der Waals surface area contributed by atoms with Gasteiger partial charge in [0.25, 0.3) is 0 Å². The van der Waals surface area contributed by atoms with Crippen molar-refractivity contribution in [2.75, 3.05) is 20.1 Å². The van der Waals surface area contributed by atoms with E-state index in [1.54, 1.807) is 11.1 Å². The lowest BCUT2D eigenvalue weighted by Crippen LogP contribution is -2.34. The zero-order valence-electron chi connectivity index (χ0n) is 20.3. The first kappa shape index (κ1) is 26.8. The quantitative estimate of drug-likeness (QED) is 0.356. The molecule has 33 heavy (non-hydrogen) atoms. The molecule has 0 radical (unpaired) electrons. The first-order valence-electron chi connectivity index (χ1n) is 11.7. The molecule has 1 aromatic heterocycles. The number of nitrogens with zero attached hydrogens (tertiary/aromatic N) is 4. The maximum atomic E-state index is 11.2. The first-order valence-corrected chi connectivity index (χ1v) is 12.1. The van der Waals surface area contributed by atoms with Crippen LogP contribution in [0.4, 0.5) is 0 Å². The van der Waals surface area contributed by atoms with Crippen molar-refractivity contribution in [1.29, 1.82) is 0 Å². The van der Waals surface area contributed by atoms with Crippen LogP contribution in [0.15, 0.2) is 42.6 Å². The second-order valence-corrected chi connectivity index (χ2v) is 8.77. The van der Waals surface area contributed by atoms with E-state index in [9.17, 15) is 9.59 Å². The van der Waals surface area contributed by atoms with Crippen molar-refractivity contribution in [3.8, 4) is 0 Å². The van der Waals surface area contributed by atoms with Crippen molar-refractivity contribution in [2.24, 2.45) is 0 Å². The Bertz CT molecular complexity index is 925. The first-order chi connectivity index (χ1) is 15.9. The van der Waals surface area contributed by atoms with Crippen LogP contribution in [0, 0.1) is 0 Å². The molecule has 1 aromatic carbocycles. The molecule has 1 amide bonds. The standard InChI is InChI=1S/C9H11N3O2.C9H17N.C8H9Cl/c1-7(14)8-4-10-9-5-11(6-13)2-3-12(8)9;1-3-6-9-7-4-5-8-10(9)2;1-2-7-5-3-4-6-8(7)9/h4,6H,2-3,5H2,1H3;3,6,9H,4-5,7-8H2,1-2H3;3-6H,2H2,1H3/b;6-3+;. The Morgan fingerprint density at radius 1 is 1.21 bits per heavy atom. The maximum absolute atomic E-state index is 11.2. The number of allylic oxidation sites excluding steroid dienone is 1. The topological polar surface area (TPSA) is 58.4 Å². The molecule has 1 saturated heterocycles. The molecule has 0 aliphatic carbocycles. The summed E-state index contributed by atoms with van der Waals surface area (Å²) in [7, 11) is 2.21. The summed E-state index contributed by atoms with van der Waals surface area (Å²) in [5.41, 5.74) is 1.85. The van der Waals surface area contributed by atoms with E-state index in [0.29, 0.717) is 25.3 Å². The van der Waals surface area contributed by atoms with E-state index in [1.165, 1.54) is 38.3 Å². The number of aromatic nitrogens is 2. The van der Waals surface area contributed by atoms with E-state index in [1.807, 2.05) is 28.8 Å². The molecule has 6 nitrogen and oxygen atoms in total. The molecule has 4 rings (SSSR count). The van der Waals surface area contributed by atoms with Crippen LogP contribution in [0.3, 0.4) is 0 Å². The number of Topliss-reactive ketones (excluding diaryl/α,β-unsaturated/α-hetero) is 1. The number of hydrogen-bond acceptors (Lipinski definition) is 4. The molecule has 0 spiro atoms. The number of benzene rings is 1. The largest absolute Gasteiger partial charge is 0.336 e. The zero-order chi connectivity index (χ0) is 24.2. The molecule has 2 aromatic rings. The van der Waals surface area contributed by atoms with Gasteiger partial charge in [0.1, 0.15) is 11.5 Å². The summed E-state index contributed by atoms with van der Waals surface area (Å²) in [6, 6.07) is 8.63. The second-order valence-electron chi connectivity index (χ2n) is 8.36. The molecule has 1 unspecified atom stereocenters. The Labute approximate surface area is 203 Å². The zero-order valence-corrected chi connectivity index (χ0v) is 21.1. The molecular weight excluding hydrogens is 436 g/mol. The van der Waals surface area contributed by atoms with Gasteiger partial charge in [-0.05, 0) is 51.4 Å². The number of piperidine rings is 1. The van der Waals surface area contributed by atoms with Crippen LogP contribution in [0.1, 0.15) is 61.9 Å². The van der Waals surface area contributed by atoms with E-state index in [4.69, 9.17) is 11.6 Å². The Morgan fingerprint density at radius 3 is 2.55 bits per heavy atom. The highest BCUT2D eigenvalue weighted by Gasteiger charge is 2.20. The Hall–Kier alpha value is -2.44. The highest BCUT2D eigenvalue weighted by Crippen LogP contribution is 2.16. The van der Waals surface area contributed by atoms with Gasteiger partial charge in [0, 0.05) is 31.1 Å². The maximum Gasteiger partial charge on any atom is 0.210 e. The number of halogens is 1. The molecule has 7 heteroatoms. The van der Waals surface area contributed by atoms with Crippen molar-refractivity contribution in [2.45, 2.75) is 65.6 Å². The summed E-state index contributed by atoms with van der Waals surface area (Å²) >= 11 is 5.82. The number of hydrogen-bond donors (Lipinski definition) is 0. The minimum absolute atomic E-state index is 0.0169. The molecule has 0 saturated carbocycles. The fourth-order valence-electron chi connectivity index (χ4n) is 4.00. The average molecular weight is 473 g/mol. The third kappa shape index (κ3) is 8.13. The molecule has 2 aliphatic heterocycles. The fourth-order valence-corrected chi connectivity index (χ4v) is 4.27. The number of rotatable bonds is 4. The molecule has 0 N–H and O–H groups in total. The fraction of sp³-hybridized carbons (Fsp3) is 0.500. The van der Waals surface area contributed by atoms with Crippen molar-refractivity contribution in [1.82, 2.24) is 19.4 Å². The predicted molar refractivity (Wildman–Crippen MR) is 135 cm³/mol. The lowest BCUT2D eigenvalue weighted by atomic mass is 10.0. The van der Waals surface area contributed by atoms with E-state index >= 15 is 0 Å². The minimum atomic E-state index is 0.0169. The van der Waals surface area contributed by atoms with Crippen LogP contribution in [0.2, 0.25) is 5.02 Å². The van der Waals surface area contributed by atoms with Gasteiger partial charge in [0.15, 0.2) is 5.78 Å². The van der Waals surface area contributed by atoms with Crippen LogP contribution in [0.25, 0.3) is 0 Å². The monoisotopic (exact) mass is 472 g/mol. The number of ketones is 1. The molecule has 0 bridgehead atoms. The summed E-state index contributed by atoms with van der Waals surface area (Å²) in [6.45, 7) is 8.79. The van der Waals surface area contributed by atoms with Gasteiger partial charge in [-0.15, -0.1) is 0 Å². The molecule has 180 valence electrons. The van der Waals surface area contributed by atoms with Gasteiger partial charge in [-0.2, -0.15) is 0 Å². The molecular formula is C26H37ClN4O2. The van der Waals surface area contributed by atoms with Crippen molar-refractivity contribution in [3.63, 3.8) is 0 Å². The van der Waals surface area contributed by atoms with E-state index in [-0.39, 0.29) is 5.78 Å². The van der Waals surface area contributed by atoms with Gasteiger partial charge in [0.2, 0.25) is 6.41 Å². The molecule has 3 heterocycles. The molecule has 2 aliphatic rings. The Morgan fingerprint density at radius 2 is 1.97 bits per heavy atom. The number of likely N-dealkylation sites (tertiary alicyclic amines) is 1. The average Bonchev–Trinajstić information content (AvgIpc) is 3.25. The lowest BCUT2D eigenvalue weighted by molar-refractivity contribution is -0.119. The number of likely N-dealkylation sites (N-methyl/N-ethyl adjacent to an activating group) is 1. The van der Waals surface area contributed by atoms with Gasteiger partial charge in [0.05, 0.1) is 12.7 Å². The number of fused-ring (bicyclic) bond motifs is 1. The SMILES string of the molecule is C/C=C/C1CCCCN1C.CC(=O)c1cnc2n1CCN(C=O)C2.CCc1ccccc1Cl. The summed E-state index contributed by atoms with van der Waals surface area (Å²) in [5.74, 6) is 0.803. The van der Waals surface area contributed by atoms with Gasteiger partial charge in [-0.3, -0.25) is 14.5 Å². The normalized spacial score (nSPS) is 18.0. The number of carbonyl (C=O) groups excluding carboxylic acids is 2. The number of amides is 1. The number of aryl methyl sites for hydroxylation is 1. The van der Waals surface area contributed by atoms with Crippen LogP contribution in [0.5, 0.6) is 0 Å². The highest BCUT2D eigenvalue weighted by atomic mass is 35.5. The van der Waals surface area contributed by atoms with E-state index in [2.05, 4.69) is 42.9 Å². The van der Waals surface area contributed by atoms with Crippen LogP contribution < -0.4 is 0 Å². The summed E-state index contributed by atoms with van der Waals surface area (Å²) in [5, 5.41) is 0.875. The molecule has 1 fully saturated rings. The van der Waals surface area contributed by atoms with Gasteiger partial charge in [-0.25, -0.2) is 4.98 Å². The number of imidazole rings is 1. The van der Waals surface area contributed by atoms with Crippen molar-refractivity contribution < 1.29 is 9.59 Å². The van der Waals surface area contributed by atoms with E-state index in [0.717, 1.165) is 29.7 Å².